The fourth-order valence-corrected chi connectivity index (χ4v) is 2.51. The zero-order valence-electron chi connectivity index (χ0n) is 11.9. The van der Waals surface area contributed by atoms with Crippen LogP contribution in [0.3, 0.4) is 0 Å². The van der Waals surface area contributed by atoms with Gasteiger partial charge in [-0.3, -0.25) is 0 Å². The lowest BCUT2D eigenvalue weighted by atomic mass is 9.90. The van der Waals surface area contributed by atoms with E-state index in [0.29, 0.717) is 0 Å². The Morgan fingerprint density at radius 3 is 1.38 bits per heavy atom. The summed E-state index contributed by atoms with van der Waals surface area (Å²) in [6, 6.07) is 24.5. The van der Waals surface area contributed by atoms with E-state index in [9.17, 15) is 10.5 Å². The molecule has 0 fully saturated rings. The maximum absolute atomic E-state index is 9.30. The van der Waals surface area contributed by atoms with Gasteiger partial charge in [0.05, 0.1) is 24.0 Å². The monoisotopic (exact) mass is 274 g/mol. The van der Waals surface area contributed by atoms with Crippen molar-refractivity contribution in [2.45, 2.75) is 31.1 Å². The minimum atomic E-state index is -0.0821. The molecule has 2 rings (SSSR count). The maximum atomic E-state index is 9.30. The fourth-order valence-electron chi connectivity index (χ4n) is 2.51. The highest BCUT2D eigenvalue weighted by Crippen LogP contribution is 2.26. The normalized spacial score (nSPS) is 12.9. The Balaban J connectivity index is 1.91. The van der Waals surface area contributed by atoms with Crippen LogP contribution in [0.25, 0.3) is 0 Å². The smallest absolute Gasteiger partial charge is 0.0712 e. The van der Waals surface area contributed by atoms with Crippen molar-refractivity contribution in [2.75, 3.05) is 0 Å². The molecule has 0 aromatic heterocycles. The van der Waals surface area contributed by atoms with Gasteiger partial charge in [-0.2, -0.15) is 10.5 Å². The van der Waals surface area contributed by atoms with Crippen LogP contribution < -0.4 is 0 Å². The van der Waals surface area contributed by atoms with Crippen molar-refractivity contribution >= 4 is 0 Å². The third kappa shape index (κ3) is 4.20. The quantitative estimate of drug-likeness (QED) is 0.761. The zero-order valence-corrected chi connectivity index (χ0v) is 11.9. The Bertz CT molecular complexity index is 563. The van der Waals surface area contributed by atoms with Crippen molar-refractivity contribution in [3.8, 4) is 12.1 Å². The summed E-state index contributed by atoms with van der Waals surface area (Å²) in [4.78, 5) is 0. The van der Waals surface area contributed by atoms with Gasteiger partial charge in [0.1, 0.15) is 0 Å². The Kier molecular flexibility index (Phi) is 5.56. The largest absolute Gasteiger partial charge is 0.198 e. The van der Waals surface area contributed by atoms with Gasteiger partial charge in [-0.05, 0) is 24.0 Å². The summed E-state index contributed by atoms with van der Waals surface area (Å²) >= 11 is 0. The molecule has 0 radical (unpaired) electrons. The van der Waals surface area contributed by atoms with Gasteiger partial charge < -0.3 is 0 Å². The number of nitrogens with zero attached hydrogens (tertiary/aromatic N) is 2. The summed E-state index contributed by atoms with van der Waals surface area (Å²) in [6.45, 7) is 0. The minimum Gasteiger partial charge on any atom is -0.198 e. The molecule has 0 saturated carbocycles. The molecular formula is C19H18N2. The zero-order chi connectivity index (χ0) is 14.9. The second kappa shape index (κ2) is 7.88. The molecule has 0 amide bonds. The van der Waals surface area contributed by atoms with Crippen LogP contribution in [0.2, 0.25) is 0 Å². The molecule has 104 valence electrons. The summed E-state index contributed by atoms with van der Waals surface area (Å²) in [5.41, 5.74) is 2.13. The van der Waals surface area contributed by atoms with E-state index in [0.717, 1.165) is 30.4 Å². The number of hydrogen-bond acceptors (Lipinski definition) is 2. The lowest BCUT2D eigenvalue weighted by Gasteiger charge is -2.12. The van der Waals surface area contributed by atoms with Crippen LogP contribution in [-0.2, 0) is 0 Å². The molecule has 0 aliphatic heterocycles. The van der Waals surface area contributed by atoms with E-state index in [1.807, 2.05) is 60.7 Å². The highest BCUT2D eigenvalue weighted by Gasteiger charge is 2.13. The van der Waals surface area contributed by atoms with E-state index in [1.165, 1.54) is 0 Å². The second-order valence-electron chi connectivity index (χ2n) is 5.12. The minimum absolute atomic E-state index is 0.0821. The Morgan fingerprint density at radius 2 is 1.05 bits per heavy atom. The molecule has 0 heterocycles. The Labute approximate surface area is 126 Å². The van der Waals surface area contributed by atoms with Crippen LogP contribution in [0.15, 0.2) is 60.7 Å². The van der Waals surface area contributed by atoms with Crippen LogP contribution in [-0.4, -0.2) is 0 Å². The summed E-state index contributed by atoms with van der Waals surface area (Å²) < 4.78 is 0. The Morgan fingerprint density at radius 1 is 0.667 bits per heavy atom. The molecule has 0 N–H and O–H groups in total. The van der Waals surface area contributed by atoms with Gasteiger partial charge in [-0.1, -0.05) is 67.1 Å². The van der Waals surface area contributed by atoms with Crippen molar-refractivity contribution in [1.82, 2.24) is 0 Å². The molecule has 2 unspecified atom stereocenters. The molecule has 2 aromatic carbocycles. The molecular weight excluding hydrogens is 256 g/mol. The fraction of sp³-hybridized carbons (Fsp3) is 0.263. The van der Waals surface area contributed by atoms with Gasteiger partial charge in [0.2, 0.25) is 0 Å². The van der Waals surface area contributed by atoms with E-state index >= 15 is 0 Å². The van der Waals surface area contributed by atoms with E-state index in [4.69, 9.17) is 0 Å². The standard InChI is InChI=1S/C19H18N2/c20-14-18(16-8-3-1-4-9-16)12-7-13-19(15-21)17-10-5-2-6-11-17/h1-6,8-11,18-19H,7,12-13H2. The van der Waals surface area contributed by atoms with Crippen LogP contribution in [0.5, 0.6) is 0 Å². The number of hydrogen-bond donors (Lipinski definition) is 0. The number of benzene rings is 2. The molecule has 0 aliphatic carbocycles. The molecule has 0 saturated heterocycles. The van der Waals surface area contributed by atoms with Crippen LogP contribution in [0.4, 0.5) is 0 Å². The van der Waals surface area contributed by atoms with E-state index in [-0.39, 0.29) is 11.8 Å². The average molecular weight is 274 g/mol. The number of rotatable bonds is 6. The first-order chi connectivity index (χ1) is 10.3. The van der Waals surface area contributed by atoms with Gasteiger partial charge in [-0.25, -0.2) is 0 Å². The summed E-state index contributed by atoms with van der Waals surface area (Å²) in [5, 5.41) is 18.6. The van der Waals surface area contributed by atoms with E-state index < -0.39 is 0 Å². The van der Waals surface area contributed by atoms with Gasteiger partial charge in [-0.15, -0.1) is 0 Å². The van der Waals surface area contributed by atoms with E-state index in [2.05, 4.69) is 12.1 Å². The molecule has 0 aliphatic rings. The second-order valence-corrected chi connectivity index (χ2v) is 5.12. The molecule has 21 heavy (non-hydrogen) atoms. The molecule has 2 aromatic rings. The van der Waals surface area contributed by atoms with Crippen LogP contribution in [0, 0.1) is 22.7 Å². The summed E-state index contributed by atoms with van der Waals surface area (Å²) in [6.07, 6.45) is 2.47. The van der Waals surface area contributed by atoms with Gasteiger partial charge in [0, 0.05) is 0 Å². The number of nitriles is 2. The van der Waals surface area contributed by atoms with Crippen molar-refractivity contribution in [3.05, 3.63) is 71.8 Å². The lowest BCUT2D eigenvalue weighted by molar-refractivity contribution is 0.615. The van der Waals surface area contributed by atoms with Crippen LogP contribution in [0.1, 0.15) is 42.2 Å². The van der Waals surface area contributed by atoms with Gasteiger partial charge >= 0.3 is 0 Å². The van der Waals surface area contributed by atoms with Crippen molar-refractivity contribution in [2.24, 2.45) is 0 Å². The molecule has 0 spiro atoms. The first kappa shape index (κ1) is 14.8. The highest BCUT2D eigenvalue weighted by atomic mass is 14.3. The molecule has 2 atom stereocenters. The van der Waals surface area contributed by atoms with Gasteiger partial charge in [0.15, 0.2) is 0 Å². The first-order valence-corrected chi connectivity index (χ1v) is 7.24. The molecule has 0 bridgehead atoms. The highest BCUT2D eigenvalue weighted by molar-refractivity contribution is 5.26. The summed E-state index contributed by atoms with van der Waals surface area (Å²) in [5.74, 6) is -0.164. The van der Waals surface area contributed by atoms with Crippen molar-refractivity contribution < 1.29 is 0 Å². The van der Waals surface area contributed by atoms with Crippen molar-refractivity contribution in [3.63, 3.8) is 0 Å². The molecule has 2 heteroatoms. The predicted octanol–water partition coefficient (Wildman–Crippen LogP) is 4.77. The average Bonchev–Trinajstić information content (AvgIpc) is 2.57. The SMILES string of the molecule is N#CC(CCCC(C#N)c1ccccc1)c1ccccc1. The van der Waals surface area contributed by atoms with Crippen molar-refractivity contribution in [1.29, 1.82) is 10.5 Å². The first-order valence-electron chi connectivity index (χ1n) is 7.24. The molecule has 2 nitrogen and oxygen atoms in total. The summed E-state index contributed by atoms with van der Waals surface area (Å²) in [7, 11) is 0. The Hall–Kier alpha value is -2.58. The lowest BCUT2D eigenvalue weighted by Crippen LogP contribution is -1.99. The predicted molar refractivity (Wildman–Crippen MR) is 83.4 cm³/mol. The topological polar surface area (TPSA) is 47.6 Å². The third-order valence-electron chi connectivity index (χ3n) is 3.70. The van der Waals surface area contributed by atoms with Gasteiger partial charge in [0.25, 0.3) is 0 Å². The van der Waals surface area contributed by atoms with Crippen LogP contribution >= 0.6 is 0 Å². The third-order valence-corrected chi connectivity index (χ3v) is 3.70. The maximum Gasteiger partial charge on any atom is 0.0712 e. The van der Waals surface area contributed by atoms with E-state index in [1.54, 1.807) is 0 Å².